The molecule has 1 unspecified atom stereocenters. The Morgan fingerprint density at radius 2 is 1.70 bits per heavy atom. The van der Waals surface area contributed by atoms with Crippen molar-refractivity contribution in [2.45, 2.75) is 25.8 Å². The summed E-state index contributed by atoms with van der Waals surface area (Å²) in [6.45, 7) is 8.86. The average molecular weight is 688 g/mol. The number of anilines is 6. The molecular formula is C31H43BrN8O3S. The fraction of sp³-hybridized carbons (Fsp3) is 0.484. The molecule has 13 heteroatoms. The Kier molecular flexibility index (Phi) is 10.5. The van der Waals surface area contributed by atoms with Gasteiger partial charge in [-0.05, 0) is 66.5 Å². The zero-order chi connectivity index (χ0) is 31.4. The number of benzene rings is 2. The quantitative estimate of drug-likeness (QED) is 0.303. The van der Waals surface area contributed by atoms with Gasteiger partial charge in [-0.3, -0.25) is 9.21 Å². The fourth-order valence-corrected chi connectivity index (χ4v) is 6.68. The van der Waals surface area contributed by atoms with E-state index < -0.39 is 11.0 Å². The summed E-state index contributed by atoms with van der Waals surface area (Å²) in [7, 11) is 5.99. The molecule has 0 amide bonds. The monoisotopic (exact) mass is 686 g/mol. The van der Waals surface area contributed by atoms with Gasteiger partial charge in [0.2, 0.25) is 5.95 Å². The van der Waals surface area contributed by atoms with Crippen molar-refractivity contribution in [1.29, 1.82) is 0 Å². The molecular weight excluding hydrogens is 644 g/mol. The molecule has 5 rings (SSSR count). The molecule has 2 aromatic carbocycles. The zero-order valence-electron chi connectivity index (χ0n) is 26.4. The molecule has 0 aliphatic carbocycles. The third kappa shape index (κ3) is 7.22. The van der Waals surface area contributed by atoms with Crippen molar-refractivity contribution in [3.8, 4) is 11.5 Å². The summed E-state index contributed by atoms with van der Waals surface area (Å²) in [5.41, 5.74) is 4.51. The van der Waals surface area contributed by atoms with Crippen LogP contribution < -0.4 is 29.3 Å². The average Bonchev–Trinajstić information content (AvgIpc) is 3.03. The lowest BCUT2D eigenvalue weighted by Crippen LogP contribution is -2.52. The number of methoxy groups -OCH3 is 2. The number of aryl methyl sites for hydroxylation is 1. The van der Waals surface area contributed by atoms with E-state index >= 15 is 0 Å². The molecule has 2 fully saturated rings. The number of halogens is 1. The highest BCUT2D eigenvalue weighted by Gasteiger charge is 2.28. The summed E-state index contributed by atoms with van der Waals surface area (Å²) in [6.07, 6.45) is 5.66. The van der Waals surface area contributed by atoms with E-state index in [1.807, 2.05) is 18.2 Å². The summed E-state index contributed by atoms with van der Waals surface area (Å²) in [5, 5.41) is 6.72. The van der Waals surface area contributed by atoms with Crippen LogP contribution in [-0.2, 0) is 11.0 Å². The largest absolute Gasteiger partial charge is 0.494 e. The van der Waals surface area contributed by atoms with Crippen molar-refractivity contribution in [3.05, 3.63) is 46.6 Å². The highest BCUT2D eigenvalue weighted by molar-refractivity contribution is 9.10. The zero-order valence-corrected chi connectivity index (χ0v) is 28.8. The second-order valence-corrected chi connectivity index (χ2v) is 13.6. The number of nitrogens with one attached hydrogen (secondary N) is 2. The van der Waals surface area contributed by atoms with Gasteiger partial charge in [-0.15, -0.1) is 0 Å². The van der Waals surface area contributed by atoms with Crippen LogP contribution in [0, 0.1) is 6.92 Å². The second-order valence-electron chi connectivity index (χ2n) is 11.3. The third-order valence-electron chi connectivity index (χ3n) is 8.54. The number of hydrogen-bond donors (Lipinski definition) is 2. The Morgan fingerprint density at radius 1 is 1.00 bits per heavy atom. The smallest absolute Gasteiger partial charge is 0.229 e. The first-order valence-corrected chi connectivity index (χ1v) is 17.2. The van der Waals surface area contributed by atoms with Crippen LogP contribution in [0.5, 0.6) is 11.5 Å². The summed E-state index contributed by atoms with van der Waals surface area (Å²) in [5.74, 6) is 2.28. The lowest BCUT2D eigenvalue weighted by atomic mass is 10.0. The summed E-state index contributed by atoms with van der Waals surface area (Å²) >= 11 is 3.57. The SMILES string of the molecule is COc1cc(N2CCC(N3CCN(C)CC3)CC2)c(C)cc1Nc1ncc(Br)c(Nc2cccc(OC)c2N(C)S(C)=O)n1. The topological polar surface area (TPSA) is 98.3 Å². The van der Waals surface area contributed by atoms with E-state index in [0.29, 0.717) is 39.4 Å². The predicted octanol–water partition coefficient (Wildman–Crippen LogP) is 5.00. The normalized spacial score (nSPS) is 17.3. The summed E-state index contributed by atoms with van der Waals surface area (Å²) < 4.78 is 26.1. The number of piperazine rings is 1. The first-order valence-electron chi connectivity index (χ1n) is 14.9. The Balaban J connectivity index is 1.32. The van der Waals surface area contributed by atoms with Crippen LogP contribution in [0.25, 0.3) is 0 Å². The van der Waals surface area contributed by atoms with Crippen molar-refractivity contribution < 1.29 is 13.7 Å². The van der Waals surface area contributed by atoms with Crippen LogP contribution in [0.4, 0.5) is 34.5 Å². The predicted molar refractivity (Wildman–Crippen MR) is 184 cm³/mol. The molecule has 1 aromatic heterocycles. The van der Waals surface area contributed by atoms with Crippen LogP contribution >= 0.6 is 15.9 Å². The number of nitrogens with zero attached hydrogens (tertiary/aromatic N) is 6. The van der Waals surface area contributed by atoms with E-state index in [9.17, 15) is 4.21 Å². The molecule has 2 aliphatic heterocycles. The van der Waals surface area contributed by atoms with Crippen LogP contribution in [0.2, 0.25) is 0 Å². The Hall–Kier alpha value is -3.13. The standard InChI is InChI=1S/C31H43BrN8O3S/c1-21-18-25(28(43-5)19-26(21)40-12-10-22(11-13-40)39-16-14-37(2)15-17-39)35-31-33-20-23(32)30(36-31)34-24-8-7-9-27(42-4)29(24)38(3)44(6)41/h7-9,18-20,22H,10-17H2,1-6H3,(H2,33,34,35,36). The van der Waals surface area contributed by atoms with Crippen LogP contribution in [0.15, 0.2) is 41.0 Å². The first-order chi connectivity index (χ1) is 21.2. The Bertz CT molecular complexity index is 1480. The molecule has 1 atom stereocenters. The number of ether oxygens (including phenoxy) is 2. The van der Waals surface area contributed by atoms with E-state index in [2.05, 4.69) is 72.4 Å². The van der Waals surface area contributed by atoms with Gasteiger partial charge in [-0.25, -0.2) is 9.19 Å². The number of aromatic nitrogens is 2. The summed E-state index contributed by atoms with van der Waals surface area (Å²) in [6, 6.07) is 10.5. The van der Waals surface area contributed by atoms with Crippen molar-refractivity contribution in [1.82, 2.24) is 19.8 Å². The van der Waals surface area contributed by atoms with Crippen LogP contribution in [0.3, 0.4) is 0 Å². The van der Waals surface area contributed by atoms with E-state index in [1.54, 1.807) is 38.0 Å². The molecule has 2 aliphatic rings. The molecule has 3 heterocycles. The molecule has 0 saturated carbocycles. The minimum atomic E-state index is -1.26. The van der Waals surface area contributed by atoms with Gasteiger partial charge < -0.3 is 29.9 Å². The molecule has 0 spiro atoms. The van der Waals surface area contributed by atoms with Crippen LogP contribution in [0.1, 0.15) is 18.4 Å². The molecule has 44 heavy (non-hydrogen) atoms. The summed E-state index contributed by atoms with van der Waals surface area (Å²) in [4.78, 5) is 16.8. The van der Waals surface area contributed by atoms with Gasteiger partial charge in [0.15, 0.2) is 0 Å². The maximum absolute atomic E-state index is 12.3. The minimum Gasteiger partial charge on any atom is -0.494 e. The molecule has 3 aromatic rings. The number of rotatable bonds is 10. The Labute approximate surface area is 271 Å². The van der Waals surface area contributed by atoms with E-state index in [1.165, 1.54) is 37.2 Å². The second kappa shape index (κ2) is 14.3. The molecule has 0 bridgehead atoms. The Morgan fingerprint density at radius 3 is 2.36 bits per heavy atom. The number of para-hydroxylation sites is 1. The van der Waals surface area contributed by atoms with Crippen molar-refractivity contribution in [2.24, 2.45) is 0 Å². The fourth-order valence-electron chi connectivity index (χ4n) is 5.95. The van der Waals surface area contributed by atoms with E-state index in [0.717, 1.165) is 37.6 Å². The maximum atomic E-state index is 12.3. The van der Waals surface area contributed by atoms with Gasteiger partial charge in [0, 0.05) is 76.6 Å². The van der Waals surface area contributed by atoms with Gasteiger partial charge in [-0.2, -0.15) is 4.98 Å². The third-order valence-corrected chi connectivity index (χ3v) is 10.1. The highest BCUT2D eigenvalue weighted by atomic mass is 79.9. The lowest BCUT2D eigenvalue weighted by Gasteiger charge is -2.43. The maximum Gasteiger partial charge on any atom is 0.229 e. The highest BCUT2D eigenvalue weighted by Crippen LogP contribution is 2.39. The molecule has 238 valence electrons. The molecule has 11 nitrogen and oxygen atoms in total. The van der Waals surface area contributed by atoms with Gasteiger partial charge in [0.25, 0.3) is 0 Å². The van der Waals surface area contributed by atoms with Gasteiger partial charge in [0.1, 0.15) is 34.0 Å². The molecule has 2 saturated heterocycles. The van der Waals surface area contributed by atoms with E-state index in [4.69, 9.17) is 14.5 Å². The van der Waals surface area contributed by atoms with Crippen molar-refractivity contribution in [3.63, 3.8) is 0 Å². The van der Waals surface area contributed by atoms with Gasteiger partial charge in [-0.1, -0.05) is 6.07 Å². The first kappa shape index (κ1) is 32.3. The van der Waals surface area contributed by atoms with Gasteiger partial charge >= 0.3 is 0 Å². The van der Waals surface area contributed by atoms with Crippen molar-refractivity contribution >= 4 is 61.4 Å². The molecule has 0 radical (unpaired) electrons. The molecule has 2 N–H and O–H groups in total. The number of piperidine rings is 1. The van der Waals surface area contributed by atoms with Crippen molar-refractivity contribution in [2.75, 3.05) is 93.7 Å². The van der Waals surface area contributed by atoms with Crippen LogP contribution in [-0.4, -0.2) is 104 Å². The van der Waals surface area contributed by atoms with Gasteiger partial charge in [0.05, 0.1) is 30.1 Å². The number of likely N-dealkylation sites (N-methyl/N-ethyl adjacent to an activating group) is 1. The van der Waals surface area contributed by atoms with E-state index in [-0.39, 0.29) is 0 Å². The number of hydrogen-bond acceptors (Lipinski definition) is 10. The minimum absolute atomic E-state index is 0.408. The lowest BCUT2D eigenvalue weighted by molar-refractivity contribution is 0.0982.